The minimum absolute atomic E-state index is 0.0787. The Bertz CT molecular complexity index is 1060. The van der Waals surface area contributed by atoms with Crippen molar-refractivity contribution in [1.29, 1.82) is 0 Å². The fourth-order valence-corrected chi connectivity index (χ4v) is 6.81. The molecule has 0 saturated carbocycles. The summed E-state index contributed by atoms with van der Waals surface area (Å²) >= 11 is 0. The van der Waals surface area contributed by atoms with Crippen molar-refractivity contribution >= 4 is 15.9 Å². The van der Waals surface area contributed by atoms with Gasteiger partial charge < -0.3 is 10.5 Å². The van der Waals surface area contributed by atoms with Crippen LogP contribution in [0.15, 0.2) is 54.7 Å². The van der Waals surface area contributed by atoms with Crippen molar-refractivity contribution < 1.29 is 22.3 Å². The third-order valence-corrected chi connectivity index (χ3v) is 9.20. The molecule has 0 radical (unpaired) electrons. The summed E-state index contributed by atoms with van der Waals surface area (Å²) in [5, 5.41) is -0.738. The maximum absolute atomic E-state index is 15.2. The van der Waals surface area contributed by atoms with E-state index in [1.165, 1.54) is 10.4 Å². The SMILES string of the molecule is C=C(/C=C\C=C/C)[C@H]1CC[C@H](C)N(Cc2ccc(C3(C(N)=O)CCOCC3)cc2F)S1(=O)=O. The number of carbonyl (C=O) groups excluding carboxylic acids is 1. The zero-order chi connectivity index (χ0) is 24.2. The highest BCUT2D eigenvalue weighted by atomic mass is 32.2. The van der Waals surface area contributed by atoms with E-state index >= 15 is 4.39 Å². The van der Waals surface area contributed by atoms with Gasteiger partial charge in [0.1, 0.15) is 11.1 Å². The van der Waals surface area contributed by atoms with Crippen LogP contribution in [-0.4, -0.2) is 43.1 Å². The largest absolute Gasteiger partial charge is 0.381 e. The summed E-state index contributed by atoms with van der Waals surface area (Å²) in [5.74, 6) is -1.05. The Morgan fingerprint density at radius 2 is 2.00 bits per heavy atom. The van der Waals surface area contributed by atoms with Crippen molar-refractivity contribution in [3.05, 3.63) is 71.6 Å². The first-order valence-electron chi connectivity index (χ1n) is 11.3. The van der Waals surface area contributed by atoms with Crippen LogP contribution in [0, 0.1) is 5.82 Å². The number of halogens is 1. The minimum atomic E-state index is -3.72. The van der Waals surface area contributed by atoms with Gasteiger partial charge in [-0.25, -0.2) is 12.8 Å². The summed E-state index contributed by atoms with van der Waals surface area (Å²) in [6.45, 7) is 8.35. The van der Waals surface area contributed by atoms with E-state index < -0.39 is 32.4 Å². The number of primary amides is 1. The summed E-state index contributed by atoms with van der Waals surface area (Å²) in [5.41, 5.74) is 6.01. The lowest BCUT2D eigenvalue weighted by molar-refractivity contribution is -0.127. The maximum Gasteiger partial charge on any atom is 0.228 e. The second kappa shape index (κ2) is 10.3. The number of nitrogens with two attached hydrogens (primary N) is 1. The van der Waals surface area contributed by atoms with Crippen molar-refractivity contribution in [3.8, 4) is 0 Å². The molecule has 0 unspecified atom stereocenters. The molecule has 1 aromatic carbocycles. The van der Waals surface area contributed by atoms with Crippen LogP contribution < -0.4 is 5.73 Å². The molecule has 2 aliphatic rings. The van der Waals surface area contributed by atoms with E-state index in [2.05, 4.69) is 6.58 Å². The Balaban J connectivity index is 1.87. The second-order valence-electron chi connectivity index (χ2n) is 8.83. The molecule has 2 atom stereocenters. The van der Waals surface area contributed by atoms with Crippen molar-refractivity contribution in [2.45, 2.75) is 62.8 Å². The molecular weight excluding hydrogens is 443 g/mol. The average Bonchev–Trinajstić information content (AvgIpc) is 2.77. The van der Waals surface area contributed by atoms with E-state index in [-0.39, 0.29) is 18.2 Å². The predicted molar refractivity (Wildman–Crippen MR) is 127 cm³/mol. The monoisotopic (exact) mass is 476 g/mol. The number of nitrogens with zero attached hydrogens (tertiary/aromatic N) is 1. The molecule has 33 heavy (non-hydrogen) atoms. The molecule has 6 nitrogen and oxygen atoms in total. The molecule has 0 bridgehead atoms. The zero-order valence-electron chi connectivity index (χ0n) is 19.3. The summed E-state index contributed by atoms with van der Waals surface area (Å²) in [4.78, 5) is 12.3. The lowest BCUT2D eigenvalue weighted by Gasteiger charge is -2.38. The zero-order valence-corrected chi connectivity index (χ0v) is 20.1. The Labute approximate surface area is 196 Å². The third-order valence-electron chi connectivity index (χ3n) is 6.80. The fraction of sp³-hybridized carbons (Fsp3) is 0.480. The maximum atomic E-state index is 15.2. The highest BCUT2D eigenvalue weighted by molar-refractivity contribution is 7.90. The summed E-state index contributed by atoms with van der Waals surface area (Å²) in [6.07, 6.45) is 9.06. The number of hydrogen-bond donors (Lipinski definition) is 1. The van der Waals surface area contributed by atoms with Gasteiger partial charge in [-0.2, -0.15) is 4.31 Å². The first-order valence-corrected chi connectivity index (χ1v) is 12.8. The van der Waals surface area contributed by atoms with Crippen LogP contribution in [0.2, 0.25) is 0 Å². The number of amides is 1. The molecule has 3 rings (SSSR count). The van der Waals surface area contributed by atoms with Crippen LogP contribution in [0.5, 0.6) is 0 Å². The topological polar surface area (TPSA) is 89.7 Å². The average molecular weight is 477 g/mol. The van der Waals surface area contributed by atoms with Crippen molar-refractivity contribution in [2.24, 2.45) is 5.73 Å². The van der Waals surface area contributed by atoms with Gasteiger partial charge in [-0.15, -0.1) is 0 Å². The molecule has 2 aliphatic heterocycles. The highest BCUT2D eigenvalue weighted by Crippen LogP contribution is 2.37. The molecule has 0 aliphatic carbocycles. The van der Waals surface area contributed by atoms with E-state index in [1.54, 1.807) is 24.3 Å². The number of benzene rings is 1. The van der Waals surface area contributed by atoms with Gasteiger partial charge in [-0.1, -0.05) is 43.0 Å². The van der Waals surface area contributed by atoms with Gasteiger partial charge in [-0.3, -0.25) is 4.79 Å². The van der Waals surface area contributed by atoms with Gasteiger partial charge in [0.15, 0.2) is 0 Å². The van der Waals surface area contributed by atoms with Crippen LogP contribution in [0.1, 0.15) is 50.7 Å². The van der Waals surface area contributed by atoms with E-state index in [1.807, 2.05) is 26.0 Å². The lowest BCUT2D eigenvalue weighted by atomic mass is 9.73. The molecule has 2 N–H and O–H groups in total. The molecule has 1 aromatic rings. The number of ether oxygens (including phenoxy) is 1. The molecule has 2 saturated heterocycles. The Kier molecular flexibility index (Phi) is 7.92. The van der Waals surface area contributed by atoms with Crippen LogP contribution in [0.3, 0.4) is 0 Å². The van der Waals surface area contributed by atoms with Crippen LogP contribution >= 0.6 is 0 Å². The first kappa shape index (κ1) is 25.3. The standard InChI is InChI=1S/C25H33FN2O4S/c1-4-5-6-7-18(2)23-11-8-19(3)28(33(23,30)31)17-20-9-10-21(16-22(20)26)25(24(27)29)12-14-32-15-13-25/h4-7,9-10,16,19,23H,2,8,11-15,17H2,1,3H3,(H2,27,29)/b5-4-,7-6-/t19-,23+/m0/s1. The van der Waals surface area contributed by atoms with Crippen LogP contribution in [-0.2, 0) is 31.5 Å². The summed E-state index contributed by atoms with van der Waals surface area (Å²) < 4.78 is 48.7. The summed E-state index contributed by atoms with van der Waals surface area (Å²) in [7, 11) is -3.72. The lowest BCUT2D eigenvalue weighted by Crippen LogP contribution is -2.48. The quantitative estimate of drug-likeness (QED) is 0.607. The normalized spacial score (nSPS) is 25.4. The fourth-order valence-electron chi connectivity index (χ4n) is 4.66. The van der Waals surface area contributed by atoms with Gasteiger partial charge in [0.25, 0.3) is 0 Å². The van der Waals surface area contributed by atoms with Crippen molar-refractivity contribution in [3.63, 3.8) is 0 Å². The third kappa shape index (κ3) is 5.13. The van der Waals surface area contributed by atoms with Gasteiger partial charge in [0.2, 0.25) is 15.9 Å². The predicted octanol–water partition coefficient (Wildman–Crippen LogP) is 3.73. The second-order valence-corrected chi connectivity index (χ2v) is 10.9. The smallest absolute Gasteiger partial charge is 0.228 e. The van der Waals surface area contributed by atoms with Gasteiger partial charge >= 0.3 is 0 Å². The Morgan fingerprint density at radius 1 is 1.30 bits per heavy atom. The number of sulfonamides is 1. The van der Waals surface area contributed by atoms with E-state index in [0.717, 1.165) is 0 Å². The molecule has 1 amide bonds. The molecule has 0 aromatic heterocycles. The molecule has 8 heteroatoms. The van der Waals surface area contributed by atoms with Crippen molar-refractivity contribution in [1.82, 2.24) is 4.31 Å². The van der Waals surface area contributed by atoms with Crippen LogP contribution in [0.4, 0.5) is 4.39 Å². The minimum Gasteiger partial charge on any atom is -0.381 e. The number of allylic oxidation sites excluding steroid dienone is 4. The van der Waals surface area contributed by atoms with Gasteiger partial charge in [0, 0.05) is 31.4 Å². The molecule has 2 heterocycles. The van der Waals surface area contributed by atoms with E-state index in [9.17, 15) is 13.2 Å². The van der Waals surface area contributed by atoms with Crippen LogP contribution in [0.25, 0.3) is 0 Å². The highest BCUT2D eigenvalue weighted by Gasteiger charge is 2.42. The molecular formula is C25H33FN2O4S. The molecule has 180 valence electrons. The molecule has 2 fully saturated rings. The van der Waals surface area contributed by atoms with Crippen molar-refractivity contribution in [2.75, 3.05) is 13.2 Å². The Morgan fingerprint density at radius 3 is 2.61 bits per heavy atom. The number of carbonyl (C=O) groups is 1. The Hall–Kier alpha value is -2.29. The van der Waals surface area contributed by atoms with E-state index in [0.29, 0.717) is 50.0 Å². The summed E-state index contributed by atoms with van der Waals surface area (Å²) in [6, 6.07) is 4.32. The number of hydrogen-bond acceptors (Lipinski definition) is 4. The van der Waals surface area contributed by atoms with Gasteiger partial charge in [0.05, 0.1) is 5.41 Å². The van der Waals surface area contributed by atoms with E-state index in [4.69, 9.17) is 10.5 Å². The number of rotatable bonds is 7. The molecule has 0 spiro atoms. The van der Waals surface area contributed by atoms with Gasteiger partial charge in [-0.05, 0) is 56.7 Å². The first-order chi connectivity index (χ1) is 15.6.